The number of carboxylic acids is 1. The molecule has 3 rings (SSSR count). The molecule has 1 aliphatic rings. The van der Waals surface area contributed by atoms with Crippen LogP contribution in [0.15, 0.2) is 48.5 Å². The van der Waals surface area contributed by atoms with Crippen LogP contribution in [0, 0.1) is 0 Å². The predicted octanol–water partition coefficient (Wildman–Crippen LogP) is 4.17. The van der Waals surface area contributed by atoms with E-state index in [2.05, 4.69) is 5.32 Å². The SMILES string of the molecule is CCC(C)(NC(=O)OCC1c2ccccc2-c2ccccc21)C(=O)N(CC(=O)O)CC(F)(F)F. The predicted molar refractivity (Wildman–Crippen MR) is 117 cm³/mol. The third kappa shape index (κ3) is 5.49. The number of aliphatic carboxylic acids is 1. The quantitative estimate of drug-likeness (QED) is 0.594. The van der Waals surface area contributed by atoms with Crippen LogP contribution in [0.25, 0.3) is 11.1 Å². The number of carbonyl (C=O) groups is 3. The first-order chi connectivity index (χ1) is 15.9. The van der Waals surface area contributed by atoms with E-state index in [1.807, 2.05) is 48.5 Å². The third-order valence-corrected chi connectivity index (χ3v) is 5.88. The molecule has 182 valence electrons. The molecule has 0 aliphatic heterocycles. The largest absolute Gasteiger partial charge is 0.480 e. The minimum Gasteiger partial charge on any atom is -0.480 e. The molecule has 2 aromatic rings. The van der Waals surface area contributed by atoms with Crippen molar-refractivity contribution < 1.29 is 37.4 Å². The number of alkyl carbamates (subject to hydrolysis) is 1. The van der Waals surface area contributed by atoms with Gasteiger partial charge in [-0.05, 0) is 35.6 Å². The molecule has 0 bridgehead atoms. The molecular formula is C24H25F3N2O5. The fourth-order valence-corrected chi connectivity index (χ4v) is 4.08. The number of alkyl halides is 3. The van der Waals surface area contributed by atoms with Gasteiger partial charge in [-0.15, -0.1) is 0 Å². The Kier molecular flexibility index (Phi) is 7.18. The second kappa shape index (κ2) is 9.74. The maximum atomic E-state index is 12.9. The number of nitrogens with one attached hydrogen (secondary N) is 1. The first kappa shape index (κ1) is 25.1. The van der Waals surface area contributed by atoms with Crippen LogP contribution < -0.4 is 5.32 Å². The second-order valence-electron chi connectivity index (χ2n) is 8.31. The van der Waals surface area contributed by atoms with Crippen molar-refractivity contribution in [3.05, 3.63) is 59.7 Å². The van der Waals surface area contributed by atoms with Gasteiger partial charge in [0.1, 0.15) is 25.2 Å². The van der Waals surface area contributed by atoms with Crippen molar-refractivity contribution >= 4 is 18.0 Å². The monoisotopic (exact) mass is 478 g/mol. The first-order valence-corrected chi connectivity index (χ1v) is 10.7. The number of amides is 2. The van der Waals surface area contributed by atoms with E-state index in [1.54, 1.807) is 0 Å². The molecule has 0 heterocycles. The summed E-state index contributed by atoms with van der Waals surface area (Å²) in [5.74, 6) is -3.00. The number of carboxylic acid groups (broad SMARTS) is 1. The highest BCUT2D eigenvalue weighted by atomic mass is 19.4. The molecule has 2 amide bonds. The molecule has 0 aromatic heterocycles. The summed E-state index contributed by atoms with van der Waals surface area (Å²) < 4.78 is 44.1. The number of halogens is 3. The number of ether oxygens (including phenoxy) is 1. The summed E-state index contributed by atoms with van der Waals surface area (Å²) in [5.41, 5.74) is 2.21. The summed E-state index contributed by atoms with van der Waals surface area (Å²) in [6, 6.07) is 15.4. The number of fused-ring (bicyclic) bond motifs is 3. The van der Waals surface area contributed by atoms with Gasteiger partial charge in [0, 0.05) is 5.92 Å². The summed E-state index contributed by atoms with van der Waals surface area (Å²) >= 11 is 0. The van der Waals surface area contributed by atoms with Crippen LogP contribution >= 0.6 is 0 Å². The highest BCUT2D eigenvalue weighted by molar-refractivity contribution is 5.91. The number of rotatable bonds is 8. The average molecular weight is 478 g/mol. The van der Waals surface area contributed by atoms with Gasteiger partial charge in [0.2, 0.25) is 5.91 Å². The summed E-state index contributed by atoms with van der Waals surface area (Å²) in [7, 11) is 0. The second-order valence-corrected chi connectivity index (χ2v) is 8.31. The van der Waals surface area contributed by atoms with E-state index in [9.17, 15) is 27.6 Å². The lowest BCUT2D eigenvalue weighted by Crippen LogP contribution is -2.59. The molecule has 0 fully saturated rings. The van der Waals surface area contributed by atoms with E-state index >= 15 is 0 Å². The van der Waals surface area contributed by atoms with Crippen LogP contribution in [-0.4, -0.2) is 59.4 Å². The molecule has 0 spiro atoms. The van der Waals surface area contributed by atoms with Crippen molar-refractivity contribution in [2.45, 2.75) is 37.9 Å². The smallest absolute Gasteiger partial charge is 0.408 e. The lowest BCUT2D eigenvalue weighted by molar-refractivity contribution is -0.169. The van der Waals surface area contributed by atoms with Crippen LogP contribution in [0.3, 0.4) is 0 Å². The van der Waals surface area contributed by atoms with Crippen molar-refractivity contribution in [3.63, 3.8) is 0 Å². The number of benzene rings is 2. The molecule has 34 heavy (non-hydrogen) atoms. The zero-order valence-electron chi connectivity index (χ0n) is 18.7. The molecule has 0 radical (unpaired) electrons. The minimum atomic E-state index is -4.80. The van der Waals surface area contributed by atoms with E-state index < -0.39 is 42.8 Å². The molecule has 2 aromatic carbocycles. The Labute approximate surface area is 194 Å². The molecule has 1 unspecified atom stereocenters. The zero-order chi connectivity index (χ0) is 25.1. The van der Waals surface area contributed by atoms with Crippen LogP contribution in [0.2, 0.25) is 0 Å². The van der Waals surface area contributed by atoms with Crippen LogP contribution in [-0.2, 0) is 14.3 Å². The van der Waals surface area contributed by atoms with Gasteiger partial charge in [-0.2, -0.15) is 13.2 Å². The molecular weight excluding hydrogens is 453 g/mol. The van der Waals surface area contributed by atoms with E-state index in [1.165, 1.54) is 13.8 Å². The minimum absolute atomic E-state index is 0.0464. The average Bonchev–Trinajstić information content (AvgIpc) is 3.09. The Bertz CT molecular complexity index is 1040. The fourth-order valence-electron chi connectivity index (χ4n) is 4.08. The van der Waals surface area contributed by atoms with Crippen molar-refractivity contribution in [1.82, 2.24) is 10.2 Å². The summed E-state index contributed by atoms with van der Waals surface area (Å²) in [6.45, 7) is -0.216. The topological polar surface area (TPSA) is 95.9 Å². The van der Waals surface area contributed by atoms with Crippen molar-refractivity contribution in [3.8, 4) is 11.1 Å². The molecule has 7 nitrogen and oxygen atoms in total. The molecule has 0 saturated carbocycles. The number of carbonyl (C=O) groups excluding carboxylic acids is 2. The molecule has 0 saturated heterocycles. The van der Waals surface area contributed by atoms with Gasteiger partial charge < -0.3 is 20.1 Å². The maximum absolute atomic E-state index is 12.9. The fraction of sp³-hybridized carbons (Fsp3) is 0.375. The standard InChI is InChI=1S/C24H25F3N2O5/c1-3-23(2,21(32)29(12-20(30)31)14-24(25,26)27)28-22(33)34-13-19-17-10-6-4-8-15(17)16-9-5-7-11-18(16)19/h4-11,19H,3,12-14H2,1-2H3,(H,28,33)(H,30,31). The summed E-state index contributed by atoms with van der Waals surface area (Å²) in [6.07, 6.45) is -5.87. The number of hydrogen-bond donors (Lipinski definition) is 2. The lowest BCUT2D eigenvalue weighted by Gasteiger charge is -2.34. The summed E-state index contributed by atoms with van der Waals surface area (Å²) in [5, 5.41) is 11.3. The van der Waals surface area contributed by atoms with Gasteiger partial charge in [0.25, 0.3) is 0 Å². The van der Waals surface area contributed by atoms with Crippen LogP contribution in [0.4, 0.5) is 18.0 Å². The van der Waals surface area contributed by atoms with Gasteiger partial charge >= 0.3 is 18.2 Å². The normalized spacial score (nSPS) is 14.5. The zero-order valence-corrected chi connectivity index (χ0v) is 18.7. The van der Waals surface area contributed by atoms with Crippen molar-refractivity contribution in [2.75, 3.05) is 19.7 Å². The molecule has 2 N–H and O–H groups in total. The van der Waals surface area contributed by atoms with E-state index in [0.717, 1.165) is 22.3 Å². The van der Waals surface area contributed by atoms with Gasteiger partial charge in [0.05, 0.1) is 0 Å². The highest BCUT2D eigenvalue weighted by Crippen LogP contribution is 2.44. The first-order valence-electron chi connectivity index (χ1n) is 10.7. The molecule has 10 heteroatoms. The highest BCUT2D eigenvalue weighted by Gasteiger charge is 2.42. The van der Waals surface area contributed by atoms with Gasteiger partial charge in [-0.25, -0.2) is 4.79 Å². The van der Waals surface area contributed by atoms with Crippen LogP contribution in [0.1, 0.15) is 37.3 Å². The van der Waals surface area contributed by atoms with Gasteiger partial charge in [0.15, 0.2) is 0 Å². The lowest BCUT2D eigenvalue weighted by atomic mass is 9.96. The van der Waals surface area contributed by atoms with Gasteiger partial charge in [-0.1, -0.05) is 55.5 Å². The Morgan fingerprint density at radius 2 is 1.56 bits per heavy atom. The Morgan fingerprint density at radius 3 is 2.03 bits per heavy atom. The summed E-state index contributed by atoms with van der Waals surface area (Å²) in [4.78, 5) is 36.6. The Balaban J connectivity index is 1.72. The van der Waals surface area contributed by atoms with E-state index in [4.69, 9.17) is 9.84 Å². The molecule has 1 aliphatic carbocycles. The van der Waals surface area contributed by atoms with E-state index in [0.29, 0.717) is 0 Å². The van der Waals surface area contributed by atoms with Crippen molar-refractivity contribution in [1.29, 1.82) is 0 Å². The third-order valence-electron chi connectivity index (χ3n) is 5.88. The van der Waals surface area contributed by atoms with Gasteiger partial charge in [-0.3, -0.25) is 9.59 Å². The van der Waals surface area contributed by atoms with E-state index in [-0.39, 0.29) is 23.8 Å². The van der Waals surface area contributed by atoms with Crippen LogP contribution in [0.5, 0.6) is 0 Å². The van der Waals surface area contributed by atoms with Crippen molar-refractivity contribution in [2.24, 2.45) is 0 Å². The number of nitrogens with zero attached hydrogens (tertiary/aromatic N) is 1. The molecule has 1 atom stereocenters. The Hall–Kier alpha value is -3.56. The Morgan fingerprint density at radius 1 is 1.03 bits per heavy atom. The number of hydrogen-bond acceptors (Lipinski definition) is 4. The maximum Gasteiger partial charge on any atom is 0.408 e.